The van der Waals surface area contributed by atoms with E-state index < -0.39 is 6.03 Å². The molecule has 2 aromatic rings. The molecule has 7 nitrogen and oxygen atoms in total. The molecule has 28 heavy (non-hydrogen) atoms. The first-order valence-corrected chi connectivity index (χ1v) is 9.73. The molecule has 0 aliphatic carbocycles. The Bertz CT molecular complexity index is 770. The minimum absolute atomic E-state index is 0.141. The van der Waals surface area contributed by atoms with Crippen LogP contribution in [0.1, 0.15) is 30.6 Å². The van der Waals surface area contributed by atoms with Crippen molar-refractivity contribution in [2.45, 2.75) is 32.4 Å². The van der Waals surface area contributed by atoms with Crippen LogP contribution in [0.5, 0.6) is 0 Å². The van der Waals surface area contributed by atoms with E-state index in [9.17, 15) is 9.59 Å². The third-order valence-corrected chi connectivity index (χ3v) is 4.80. The van der Waals surface area contributed by atoms with Gasteiger partial charge in [0.25, 0.3) is 0 Å². The van der Waals surface area contributed by atoms with Crippen LogP contribution in [-0.4, -0.2) is 43.5 Å². The number of carbonyl (C=O) groups excluding carboxylic acids is 2. The van der Waals surface area contributed by atoms with Crippen LogP contribution < -0.4 is 15.5 Å². The Morgan fingerprint density at radius 3 is 2.64 bits per heavy atom. The Morgan fingerprint density at radius 1 is 1.11 bits per heavy atom. The monoisotopic (exact) mass is 384 g/mol. The Labute approximate surface area is 165 Å². The van der Waals surface area contributed by atoms with Crippen molar-refractivity contribution < 1.29 is 14.0 Å². The molecule has 1 aromatic heterocycles. The van der Waals surface area contributed by atoms with Gasteiger partial charge in [-0.1, -0.05) is 18.2 Å². The SMILES string of the molecule is CN(CC(=O)NC(=O)NCc1ccco1)Cc1ccccc1N1CCCCC1. The Kier molecular flexibility index (Phi) is 7.08. The number of likely N-dealkylation sites (N-methyl/N-ethyl adjacent to an activating group) is 1. The van der Waals surface area contributed by atoms with Crippen LogP contribution >= 0.6 is 0 Å². The van der Waals surface area contributed by atoms with Gasteiger partial charge in [-0.3, -0.25) is 15.0 Å². The van der Waals surface area contributed by atoms with Gasteiger partial charge in [-0.15, -0.1) is 0 Å². The van der Waals surface area contributed by atoms with Crippen LogP contribution in [0.2, 0.25) is 0 Å². The van der Waals surface area contributed by atoms with Crippen LogP contribution in [0.3, 0.4) is 0 Å². The van der Waals surface area contributed by atoms with Gasteiger partial charge in [-0.25, -0.2) is 4.79 Å². The summed E-state index contributed by atoms with van der Waals surface area (Å²) in [5, 5.41) is 4.96. The van der Waals surface area contributed by atoms with Gasteiger partial charge in [0.15, 0.2) is 0 Å². The summed E-state index contributed by atoms with van der Waals surface area (Å²) in [4.78, 5) is 28.3. The highest BCUT2D eigenvalue weighted by atomic mass is 16.3. The average Bonchev–Trinajstić information content (AvgIpc) is 3.21. The number of imide groups is 1. The lowest BCUT2D eigenvalue weighted by atomic mass is 10.1. The minimum Gasteiger partial charge on any atom is -0.467 e. The van der Waals surface area contributed by atoms with Crippen LogP contribution in [0.4, 0.5) is 10.5 Å². The van der Waals surface area contributed by atoms with Crippen molar-refractivity contribution in [2.75, 3.05) is 31.6 Å². The zero-order chi connectivity index (χ0) is 19.8. The molecule has 7 heteroatoms. The molecule has 1 saturated heterocycles. The van der Waals surface area contributed by atoms with Crippen molar-refractivity contribution in [3.05, 3.63) is 54.0 Å². The molecule has 0 bridgehead atoms. The molecule has 0 unspecified atom stereocenters. The van der Waals surface area contributed by atoms with E-state index in [-0.39, 0.29) is 19.0 Å². The molecule has 2 heterocycles. The second-order valence-electron chi connectivity index (χ2n) is 7.16. The van der Waals surface area contributed by atoms with Gasteiger partial charge < -0.3 is 14.6 Å². The number of amides is 3. The Hall–Kier alpha value is -2.80. The van der Waals surface area contributed by atoms with Crippen molar-refractivity contribution in [1.29, 1.82) is 0 Å². The Balaban J connectivity index is 1.47. The van der Waals surface area contributed by atoms with Crippen molar-refractivity contribution in [2.24, 2.45) is 0 Å². The van der Waals surface area contributed by atoms with Crippen molar-refractivity contribution in [3.8, 4) is 0 Å². The molecular weight excluding hydrogens is 356 g/mol. The van der Waals surface area contributed by atoms with E-state index in [0.717, 1.165) is 13.1 Å². The fourth-order valence-corrected chi connectivity index (χ4v) is 3.47. The summed E-state index contributed by atoms with van der Waals surface area (Å²) in [5.74, 6) is 0.295. The summed E-state index contributed by atoms with van der Waals surface area (Å²) in [5.41, 5.74) is 2.44. The third kappa shape index (κ3) is 5.85. The van der Waals surface area contributed by atoms with Gasteiger partial charge in [-0.05, 0) is 50.1 Å². The molecule has 1 fully saturated rings. The smallest absolute Gasteiger partial charge is 0.321 e. The zero-order valence-corrected chi connectivity index (χ0v) is 16.3. The molecule has 1 aliphatic heterocycles. The lowest BCUT2D eigenvalue weighted by Gasteiger charge is -2.31. The number of nitrogens with zero attached hydrogens (tertiary/aromatic N) is 2. The number of para-hydroxylation sites is 1. The van der Waals surface area contributed by atoms with E-state index in [1.54, 1.807) is 12.1 Å². The molecule has 150 valence electrons. The van der Waals surface area contributed by atoms with Crippen molar-refractivity contribution >= 4 is 17.6 Å². The first kappa shape index (κ1) is 19.9. The van der Waals surface area contributed by atoms with Gasteiger partial charge in [0, 0.05) is 25.3 Å². The molecule has 0 radical (unpaired) electrons. The van der Waals surface area contributed by atoms with E-state index in [1.807, 2.05) is 18.0 Å². The van der Waals surface area contributed by atoms with Gasteiger partial charge in [0.1, 0.15) is 5.76 Å². The molecule has 2 N–H and O–H groups in total. The Morgan fingerprint density at radius 2 is 1.89 bits per heavy atom. The van der Waals surface area contributed by atoms with Crippen LogP contribution in [-0.2, 0) is 17.9 Å². The largest absolute Gasteiger partial charge is 0.467 e. The van der Waals surface area contributed by atoms with Crippen LogP contribution in [0, 0.1) is 0 Å². The summed E-state index contributed by atoms with van der Waals surface area (Å²) < 4.78 is 5.14. The number of rotatable bonds is 7. The van der Waals surface area contributed by atoms with Gasteiger partial charge in [0.05, 0.1) is 19.4 Å². The average molecular weight is 384 g/mol. The number of hydrogen-bond donors (Lipinski definition) is 2. The highest BCUT2D eigenvalue weighted by molar-refractivity contribution is 5.95. The highest BCUT2D eigenvalue weighted by Crippen LogP contribution is 2.24. The normalized spacial score (nSPS) is 14.1. The second-order valence-corrected chi connectivity index (χ2v) is 7.16. The quantitative estimate of drug-likeness (QED) is 0.768. The number of furan rings is 1. The summed E-state index contributed by atoms with van der Waals surface area (Å²) in [6.45, 7) is 3.19. The van der Waals surface area contributed by atoms with Gasteiger partial charge in [0.2, 0.25) is 5.91 Å². The number of nitrogens with one attached hydrogen (secondary N) is 2. The predicted molar refractivity (Wildman–Crippen MR) is 108 cm³/mol. The number of urea groups is 1. The molecule has 3 amide bonds. The maximum atomic E-state index is 12.2. The first-order valence-electron chi connectivity index (χ1n) is 9.73. The second kappa shape index (κ2) is 9.94. The minimum atomic E-state index is -0.525. The molecule has 0 spiro atoms. The number of carbonyl (C=O) groups is 2. The molecule has 3 rings (SSSR count). The maximum Gasteiger partial charge on any atom is 0.321 e. The van der Waals surface area contributed by atoms with Gasteiger partial charge in [-0.2, -0.15) is 0 Å². The number of anilines is 1. The van der Waals surface area contributed by atoms with E-state index in [1.165, 1.54) is 36.8 Å². The molecule has 1 aromatic carbocycles. The van der Waals surface area contributed by atoms with Crippen molar-refractivity contribution in [3.63, 3.8) is 0 Å². The van der Waals surface area contributed by atoms with Crippen molar-refractivity contribution in [1.82, 2.24) is 15.5 Å². The summed E-state index contributed by atoms with van der Waals surface area (Å²) >= 11 is 0. The lowest BCUT2D eigenvalue weighted by Crippen LogP contribution is -2.43. The number of hydrogen-bond acceptors (Lipinski definition) is 5. The third-order valence-electron chi connectivity index (χ3n) is 4.80. The number of benzene rings is 1. The fourth-order valence-electron chi connectivity index (χ4n) is 3.47. The maximum absolute atomic E-state index is 12.2. The lowest BCUT2D eigenvalue weighted by molar-refractivity contribution is -0.120. The molecule has 0 saturated carbocycles. The first-order chi connectivity index (χ1) is 13.6. The van der Waals surface area contributed by atoms with E-state index in [2.05, 4.69) is 33.7 Å². The van der Waals surface area contributed by atoms with E-state index >= 15 is 0 Å². The van der Waals surface area contributed by atoms with E-state index in [4.69, 9.17) is 4.42 Å². The summed E-state index contributed by atoms with van der Waals surface area (Å²) in [6.07, 6.45) is 5.27. The molecule has 1 aliphatic rings. The highest BCUT2D eigenvalue weighted by Gasteiger charge is 2.16. The molecular formula is C21H28N4O3. The topological polar surface area (TPSA) is 77.8 Å². The van der Waals surface area contributed by atoms with Gasteiger partial charge >= 0.3 is 6.03 Å². The fraction of sp³-hybridized carbons (Fsp3) is 0.429. The van der Waals surface area contributed by atoms with Crippen LogP contribution in [0.15, 0.2) is 47.1 Å². The standard InChI is InChI=1S/C21H28N4O3/c1-24(16-20(26)23-21(27)22-14-18-9-7-13-28-18)15-17-8-3-4-10-19(17)25-11-5-2-6-12-25/h3-4,7-10,13H,2,5-6,11-12,14-16H2,1H3,(H2,22,23,26,27). The summed E-state index contributed by atoms with van der Waals surface area (Å²) in [6, 6.07) is 11.3. The zero-order valence-electron chi connectivity index (χ0n) is 16.3. The van der Waals surface area contributed by atoms with Crippen LogP contribution in [0.25, 0.3) is 0 Å². The number of piperidine rings is 1. The predicted octanol–water partition coefficient (Wildman–Crippen LogP) is 2.73. The summed E-state index contributed by atoms with van der Waals surface area (Å²) in [7, 11) is 1.88. The molecule has 0 atom stereocenters. The van der Waals surface area contributed by atoms with E-state index in [0.29, 0.717) is 12.3 Å².